The highest BCUT2D eigenvalue weighted by atomic mass is 16.7. The summed E-state index contributed by atoms with van der Waals surface area (Å²) in [6.07, 6.45) is 0. The second-order valence-electron chi connectivity index (χ2n) is 6.23. The summed E-state index contributed by atoms with van der Waals surface area (Å²) in [6.45, 7) is 9.60. The molecule has 0 aliphatic carbocycles. The van der Waals surface area contributed by atoms with Gasteiger partial charge >= 0.3 is 7.12 Å². The third-order valence-electron chi connectivity index (χ3n) is 4.47. The van der Waals surface area contributed by atoms with Crippen molar-refractivity contribution >= 4 is 12.6 Å². The molecule has 1 aromatic carbocycles. The molecule has 1 aromatic rings. The van der Waals surface area contributed by atoms with Gasteiger partial charge in [-0.05, 0) is 44.3 Å². The van der Waals surface area contributed by atoms with Gasteiger partial charge in [0.05, 0.1) is 18.8 Å². The Morgan fingerprint density at radius 3 is 2.35 bits per heavy atom. The molecule has 20 heavy (non-hydrogen) atoms. The normalized spacial score (nSPS) is 24.3. The summed E-state index contributed by atoms with van der Waals surface area (Å²) in [7, 11) is -0.366. The van der Waals surface area contributed by atoms with Crippen LogP contribution in [0.15, 0.2) is 18.2 Å². The maximum atomic E-state index is 6.21. The Kier molecular flexibility index (Phi) is 3.41. The van der Waals surface area contributed by atoms with Crippen molar-refractivity contribution in [1.29, 1.82) is 0 Å². The van der Waals surface area contributed by atoms with Gasteiger partial charge in [-0.15, -0.1) is 0 Å². The van der Waals surface area contributed by atoms with Crippen molar-refractivity contribution in [1.82, 2.24) is 0 Å². The molecule has 2 aliphatic rings. The quantitative estimate of drug-likeness (QED) is 0.730. The summed E-state index contributed by atoms with van der Waals surface area (Å²) in [5, 5.41) is 0. The topological polar surface area (TPSA) is 36.9 Å². The van der Waals surface area contributed by atoms with E-state index in [1.165, 1.54) is 11.1 Å². The molecule has 2 aliphatic heterocycles. The molecular formula is C15H21BO4. The molecule has 0 amide bonds. The van der Waals surface area contributed by atoms with E-state index in [1.54, 1.807) is 0 Å². The first-order chi connectivity index (χ1) is 9.44. The molecule has 2 saturated heterocycles. The van der Waals surface area contributed by atoms with Gasteiger partial charge in [-0.3, -0.25) is 0 Å². The van der Waals surface area contributed by atoms with Gasteiger partial charge in [0.2, 0.25) is 0 Å². The summed E-state index contributed by atoms with van der Waals surface area (Å²) in [5.41, 5.74) is 2.57. The summed E-state index contributed by atoms with van der Waals surface area (Å²) in [5.74, 6) is 0. The molecule has 2 heterocycles. The highest BCUT2D eigenvalue weighted by molar-refractivity contribution is 6.62. The molecule has 2 fully saturated rings. The van der Waals surface area contributed by atoms with Crippen molar-refractivity contribution in [3.63, 3.8) is 0 Å². The smallest absolute Gasteiger partial charge is 0.399 e. The maximum Gasteiger partial charge on any atom is 0.495 e. The number of aryl methyl sites for hydroxylation is 2. The van der Waals surface area contributed by atoms with Gasteiger partial charge in [0.1, 0.15) is 12.4 Å². The highest BCUT2D eigenvalue weighted by Crippen LogP contribution is 2.39. The first-order valence-electron chi connectivity index (χ1n) is 7.02. The SMILES string of the molecule is Cc1ccc(B2OC(C)(C)C3(COCOC3)O2)cc1C. The van der Waals surface area contributed by atoms with E-state index >= 15 is 0 Å². The number of benzene rings is 1. The lowest BCUT2D eigenvalue weighted by Crippen LogP contribution is -2.57. The van der Waals surface area contributed by atoms with Crippen molar-refractivity contribution < 1.29 is 18.8 Å². The molecule has 0 aromatic heterocycles. The largest absolute Gasteiger partial charge is 0.495 e. The number of hydrogen-bond donors (Lipinski definition) is 0. The molecule has 0 N–H and O–H groups in total. The van der Waals surface area contributed by atoms with Gasteiger partial charge < -0.3 is 18.8 Å². The molecular weight excluding hydrogens is 255 g/mol. The Morgan fingerprint density at radius 1 is 1.00 bits per heavy atom. The average molecular weight is 276 g/mol. The minimum atomic E-state index is -0.533. The molecule has 0 saturated carbocycles. The van der Waals surface area contributed by atoms with Crippen LogP contribution in [-0.2, 0) is 18.8 Å². The van der Waals surface area contributed by atoms with Crippen molar-refractivity contribution in [3.8, 4) is 0 Å². The van der Waals surface area contributed by atoms with Crippen molar-refractivity contribution in [2.45, 2.75) is 38.9 Å². The van der Waals surface area contributed by atoms with E-state index in [0.717, 1.165) is 5.46 Å². The standard InChI is InChI=1S/C15H21BO4/c1-11-5-6-13(7-12(11)2)16-19-14(3,4)15(20-16)8-17-10-18-9-15/h5-7H,8-10H2,1-4H3. The first kappa shape index (κ1) is 14.1. The molecule has 5 heteroatoms. The fourth-order valence-electron chi connectivity index (χ4n) is 2.72. The molecule has 1 spiro atoms. The van der Waals surface area contributed by atoms with Crippen molar-refractivity contribution in [3.05, 3.63) is 29.3 Å². The minimum Gasteiger partial charge on any atom is -0.399 e. The van der Waals surface area contributed by atoms with Crippen molar-refractivity contribution in [2.24, 2.45) is 0 Å². The number of ether oxygens (including phenoxy) is 2. The summed E-state index contributed by atoms with van der Waals surface area (Å²) < 4.78 is 23.2. The Hall–Kier alpha value is -0.875. The molecule has 0 bridgehead atoms. The zero-order valence-corrected chi connectivity index (χ0v) is 12.6. The Bertz CT molecular complexity index is 509. The predicted molar refractivity (Wildman–Crippen MR) is 77.1 cm³/mol. The van der Waals surface area contributed by atoms with Gasteiger partial charge in [-0.25, -0.2) is 0 Å². The van der Waals surface area contributed by atoms with Gasteiger partial charge in [0.15, 0.2) is 0 Å². The van der Waals surface area contributed by atoms with Crippen LogP contribution < -0.4 is 5.46 Å². The van der Waals surface area contributed by atoms with Crippen LogP contribution in [0.3, 0.4) is 0 Å². The second kappa shape index (κ2) is 4.84. The van der Waals surface area contributed by atoms with Crippen LogP contribution in [0.25, 0.3) is 0 Å². The van der Waals surface area contributed by atoms with E-state index in [1.807, 2.05) is 13.8 Å². The molecule has 0 radical (unpaired) electrons. The third-order valence-corrected chi connectivity index (χ3v) is 4.47. The summed E-state index contributed by atoms with van der Waals surface area (Å²) in [6, 6.07) is 6.29. The summed E-state index contributed by atoms with van der Waals surface area (Å²) in [4.78, 5) is 0. The second-order valence-corrected chi connectivity index (χ2v) is 6.23. The Labute approximate surface area is 120 Å². The van der Waals surface area contributed by atoms with Gasteiger partial charge in [-0.2, -0.15) is 0 Å². The van der Waals surface area contributed by atoms with Crippen molar-refractivity contribution in [2.75, 3.05) is 20.0 Å². The fourth-order valence-corrected chi connectivity index (χ4v) is 2.72. The average Bonchev–Trinajstić information content (AvgIpc) is 2.66. The van der Waals surface area contributed by atoms with Crippen LogP contribution in [0.4, 0.5) is 0 Å². The number of hydrogen-bond acceptors (Lipinski definition) is 4. The fraction of sp³-hybridized carbons (Fsp3) is 0.600. The van der Waals surface area contributed by atoms with Crippen LogP contribution in [0.5, 0.6) is 0 Å². The third kappa shape index (κ3) is 2.19. The minimum absolute atomic E-state index is 0.329. The van der Waals surface area contributed by atoms with Gasteiger partial charge in [0, 0.05) is 0 Å². The lowest BCUT2D eigenvalue weighted by molar-refractivity contribution is -0.213. The van der Waals surface area contributed by atoms with Gasteiger partial charge in [-0.1, -0.05) is 18.2 Å². The molecule has 108 valence electrons. The summed E-state index contributed by atoms with van der Waals surface area (Å²) >= 11 is 0. The van der Waals surface area contributed by atoms with E-state index in [4.69, 9.17) is 18.8 Å². The lowest BCUT2D eigenvalue weighted by Gasteiger charge is -2.41. The van der Waals surface area contributed by atoms with E-state index in [9.17, 15) is 0 Å². The molecule has 4 nitrogen and oxygen atoms in total. The molecule has 0 atom stereocenters. The van der Waals surface area contributed by atoms with Crippen LogP contribution in [0.1, 0.15) is 25.0 Å². The lowest BCUT2D eigenvalue weighted by atomic mass is 9.78. The van der Waals surface area contributed by atoms with Crippen LogP contribution in [0.2, 0.25) is 0 Å². The van der Waals surface area contributed by atoms with E-state index in [2.05, 4.69) is 32.0 Å². The van der Waals surface area contributed by atoms with Gasteiger partial charge in [0.25, 0.3) is 0 Å². The predicted octanol–water partition coefficient (Wildman–Crippen LogP) is 1.57. The maximum absolute atomic E-state index is 6.21. The zero-order valence-electron chi connectivity index (χ0n) is 12.6. The zero-order chi connectivity index (χ0) is 14.4. The molecule has 0 unspecified atom stereocenters. The highest BCUT2D eigenvalue weighted by Gasteiger charge is 2.58. The van der Waals surface area contributed by atoms with E-state index in [-0.39, 0.29) is 7.12 Å². The van der Waals surface area contributed by atoms with Crippen LogP contribution in [0, 0.1) is 13.8 Å². The monoisotopic (exact) mass is 276 g/mol. The Morgan fingerprint density at radius 2 is 1.70 bits per heavy atom. The molecule has 3 rings (SSSR count). The van der Waals surface area contributed by atoms with E-state index < -0.39 is 11.2 Å². The van der Waals surface area contributed by atoms with Crippen LogP contribution >= 0.6 is 0 Å². The van der Waals surface area contributed by atoms with Crippen LogP contribution in [-0.4, -0.2) is 38.3 Å². The Balaban J connectivity index is 1.88. The number of rotatable bonds is 1. The first-order valence-corrected chi connectivity index (χ1v) is 7.02. The van der Waals surface area contributed by atoms with E-state index in [0.29, 0.717) is 20.0 Å².